The lowest BCUT2D eigenvalue weighted by molar-refractivity contribution is -0.245. The van der Waals surface area contributed by atoms with Crippen molar-refractivity contribution in [1.82, 2.24) is 0 Å². The fraction of sp³-hybridized carbons (Fsp3) is 0.767. The minimum atomic E-state index is -1.48. The average Bonchev–Trinajstić information content (AvgIpc) is 3.45. The molecular formula is C30H42O12. The predicted molar refractivity (Wildman–Crippen MR) is 143 cm³/mol. The normalized spacial score (nSPS) is 43.6. The van der Waals surface area contributed by atoms with Gasteiger partial charge in [0.2, 0.25) is 0 Å². The van der Waals surface area contributed by atoms with E-state index in [1.165, 1.54) is 20.8 Å². The van der Waals surface area contributed by atoms with E-state index in [0.29, 0.717) is 12.0 Å². The summed E-state index contributed by atoms with van der Waals surface area (Å²) in [4.78, 5) is 63.9. The van der Waals surface area contributed by atoms with Gasteiger partial charge in [0.05, 0.1) is 11.5 Å². The van der Waals surface area contributed by atoms with Crippen LogP contribution in [0.3, 0.4) is 0 Å². The van der Waals surface area contributed by atoms with Crippen LogP contribution in [-0.2, 0) is 52.4 Å². The number of ether oxygens (including phenoxy) is 6. The number of carbonyl (C=O) groups is 5. The van der Waals surface area contributed by atoms with E-state index >= 15 is 0 Å². The molecule has 3 fully saturated rings. The minimum Gasteiger partial charge on any atom is -0.462 e. The number of aliphatic hydroxyl groups is 1. The van der Waals surface area contributed by atoms with Gasteiger partial charge in [0.15, 0.2) is 17.3 Å². The Labute approximate surface area is 245 Å². The summed E-state index contributed by atoms with van der Waals surface area (Å²) in [6.07, 6.45) is -4.30. The number of aliphatic hydroxyl groups excluding tert-OH is 1. The Bertz CT molecular complexity index is 1180. The fourth-order valence-electron chi connectivity index (χ4n) is 7.54. The molecule has 2 aliphatic heterocycles. The van der Waals surface area contributed by atoms with Gasteiger partial charge in [-0.2, -0.15) is 0 Å². The molecule has 1 saturated carbocycles. The van der Waals surface area contributed by atoms with E-state index in [2.05, 4.69) is 0 Å². The molecule has 4 aliphatic rings. The molecule has 12 nitrogen and oxygen atoms in total. The molecule has 11 atom stereocenters. The third-order valence-electron chi connectivity index (χ3n) is 9.45. The molecule has 1 spiro atoms. The molecule has 0 aromatic heterocycles. The monoisotopic (exact) mass is 594 g/mol. The Hall–Kier alpha value is -2.99. The van der Waals surface area contributed by atoms with Crippen LogP contribution in [-0.4, -0.2) is 82.8 Å². The van der Waals surface area contributed by atoms with Gasteiger partial charge in [0.1, 0.15) is 24.4 Å². The standard InChI is InChI=1S/C30H42O12/c1-9-10-23(35)40-20-11-14(2)12-22-30(29(8,42-30)27(36)41-22)26(39-18(6)33)24-15(3)19(34)13-21(37-16(4)31)28(24,7)25(20)38-17(5)32/h12,15,19-22,24-26,34H,9-11,13H2,1-8H3/b14-12-/t15-,19-,20-,21-,22-,24+,25+,26?,28-,29-,30-/m0/s1. The Morgan fingerprint density at radius 1 is 1.00 bits per heavy atom. The number of epoxide rings is 1. The highest BCUT2D eigenvalue weighted by Crippen LogP contribution is 2.65. The number of hydrogen-bond donors (Lipinski definition) is 1. The van der Waals surface area contributed by atoms with E-state index < -0.39 is 94.9 Å². The van der Waals surface area contributed by atoms with Gasteiger partial charge in [-0.1, -0.05) is 26.3 Å². The van der Waals surface area contributed by atoms with Crippen molar-refractivity contribution in [3.05, 3.63) is 11.6 Å². The van der Waals surface area contributed by atoms with Gasteiger partial charge >= 0.3 is 29.8 Å². The van der Waals surface area contributed by atoms with Crippen molar-refractivity contribution < 1.29 is 57.5 Å². The zero-order valence-electron chi connectivity index (χ0n) is 25.5. The first-order chi connectivity index (χ1) is 19.5. The molecule has 1 unspecified atom stereocenters. The molecule has 0 amide bonds. The maximum absolute atomic E-state index is 13.1. The highest BCUT2D eigenvalue weighted by molar-refractivity contribution is 5.89. The molecule has 0 radical (unpaired) electrons. The van der Waals surface area contributed by atoms with Crippen molar-refractivity contribution in [2.45, 2.75) is 129 Å². The zero-order chi connectivity index (χ0) is 31.4. The molecule has 12 heteroatoms. The molecule has 0 aromatic carbocycles. The van der Waals surface area contributed by atoms with Crippen LogP contribution in [0, 0.1) is 17.3 Å². The molecule has 234 valence electrons. The molecular weight excluding hydrogens is 552 g/mol. The zero-order valence-corrected chi connectivity index (χ0v) is 25.5. The SMILES string of the molecule is CCCC(=O)O[C@H]1C/C(C)=C\[C@@H]2OC(=O)[C@]3(C)O[C@]23C(OC(C)=O)[C@H]2[C@@H](C)[C@@H](O)C[C@H](OC(C)=O)[C@]2(C)[C@@H]1OC(C)=O. The number of hydrogen-bond acceptors (Lipinski definition) is 12. The first kappa shape index (κ1) is 31.9. The van der Waals surface area contributed by atoms with Crippen LogP contribution in [0.25, 0.3) is 0 Å². The molecule has 2 aliphatic carbocycles. The summed E-state index contributed by atoms with van der Waals surface area (Å²) in [5.41, 5.74) is -3.75. The van der Waals surface area contributed by atoms with Crippen molar-refractivity contribution in [2.75, 3.05) is 0 Å². The fourth-order valence-corrected chi connectivity index (χ4v) is 7.54. The maximum atomic E-state index is 13.1. The largest absolute Gasteiger partial charge is 0.462 e. The van der Waals surface area contributed by atoms with Crippen LogP contribution in [0.5, 0.6) is 0 Å². The first-order valence-corrected chi connectivity index (χ1v) is 14.5. The van der Waals surface area contributed by atoms with Crippen molar-refractivity contribution in [2.24, 2.45) is 17.3 Å². The molecule has 0 bridgehead atoms. The van der Waals surface area contributed by atoms with E-state index in [4.69, 9.17) is 28.4 Å². The number of carbonyl (C=O) groups excluding carboxylic acids is 5. The third-order valence-corrected chi connectivity index (χ3v) is 9.45. The second-order valence-corrected chi connectivity index (χ2v) is 12.5. The van der Waals surface area contributed by atoms with Crippen molar-refractivity contribution in [1.29, 1.82) is 0 Å². The lowest BCUT2D eigenvalue weighted by Crippen LogP contribution is -2.68. The highest BCUT2D eigenvalue weighted by atomic mass is 16.7. The van der Waals surface area contributed by atoms with Crippen molar-refractivity contribution >= 4 is 29.8 Å². The van der Waals surface area contributed by atoms with E-state index in [-0.39, 0.29) is 19.3 Å². The molecule has 4 rings (SSSR count). The minimum absolute atomic E-state index is 0.0350. The van der Waals surface area contributed by atoms with E-state index in [0.717, 1.165) is 0 Å². The van der Waals surface area contributed by atoms with Gasteiger partial charge in [-0.3, -0.25) is 19.2 Å². The third kappa shape index (κ3) is 5.10. The smallest absolute Gasteiger partial charge is 0.342 e. The Morgan fingerprint density at radius 3 is 2.14 bits per heavy atom. The van der Waals surface area contributed by atoms with Gasteiger partial charge in [-0.05, 0) is 32.3 Å². The summed E-state index contributed by atoms with van der Waals surface area (Å²) in [6.45, 7) is 12.2. The topological polar surface area (TPSA) is 164 Å². The molecule has 42 heavy (non-hydrogen) atoms. The highest BCUT2D eigenvalue weighted by Gasteiger charge is 2.87. The van der Waals surface area contributed by atoms with E-state index in [1.807, 2.05) is 6.92 Å². The van der Waals surface area contributed by atoms with Crippen molar-refractivity contribution in [3.63, 3.8) is 0 Å². The van der Waals surface area contributed by atoms with Crippen LogP contribution in [0.1, 0.15) is 81.1 Å². The van der Waals surface area contributed by atoms with Crippen LogP contribution >= 0.6 is 0 Å². The summed E-state index contributed by atoms with van der Waals surface area (Å²) in [7, 11) is 0. The average molecular weight is 595 g/mol. The number of esters is 5. The van der Waals surface area contributed by atoms with Gasteiger partial charge in [-0.15, -0.1) is 0 Å². The summed E-state index contributed by atoms with van der Waals surface area (Å²) in [5.74, 6) is -4.78. The van der Waals surface area contributed by atoms with Crippen LogP contribution in [0.2, 0.25) is 0 Å². The quantitative estimate of drug-likeness (QED) is 0.207. The maximum Gasteiger partial charge on any atom is 0.342 e. The van der Waals surface area contributed by atoms with Gasteiger partial charge in [0, 0.05) is 46.0 Å². The van der Waals surface area contributed by atoms with E-state index in [9.17, 15) is 29.1 Å². The second kappa shape index (κ2) is 11.3. The van der Waals surface area contributed by atoms with Gasteiger partial charge < -0.3 is 33.5 Å². The molecule has 0 aromatic rings. The van der Waals surface area contributed by atoms with Gasteiger partial charge in [0.25, 0.3) is 0 Å². The summed E-state index contributed by atoms with van der Waals surface area (Å²) >= 11 is 0. The first-order valence-electron chi connectivity index (χ1n) is 14.5. The van der Waals surface area contributed by atoms with Crippen LogP contribution < -0.4 is 0 Å². The summed E-state index contributed by atoms with van der Waals surface area (Å²) < 4.78 is 35.8. The Kier molecular flexibility index (Phi) is 8.56. The van der Waals surface area contributed by atoms with Crippen LogP contribution in [0.4, 0.5) is 0 Å². The molecule has 2 heterocycles. The predicted octanol–water partition coefficient (Wildman–Crippen LogP) is 2.32. The summed E-state index contributed by atoms with van der Waals surface area (Å²) in [6, 6.07) is 0. The Morgan fingerprint density at radius 2 is 1.60 bits per heavy atom. The molecule has 1 N–H and O–H groups in total. The number of rotatable bonds is 6. The number of fused-ring (bicyclic) bond motifs is 1. The van der Waals surface area contributed by atoms with Crippen LogP contribution in [0.15, 0.2) is 11.6 Å². The second-order valence-electron chi connectivity index (χ2n) is 12.5. The molecule has 2 saturated heterocycles. The van der Waals surface area contributed by atoms with Crippen molar-refractivity contribution in [3.8, 4) is 0 Å². The lowest BCUT2D eigenvalue weighted by atomic mass is 9.53. The summed E-state index contributed by atoms with van der Waals surface area (Å²) in [5, 5.41) is 11.3. The lowest BCUT2D eigenvalue weighted by Gasteiger charge is -2.57. The van der Waals surface area contributed by atoms with Gasteiger partial charge in [-0.25, -0.2) is 4.79 Å². The van der Waals surface area contributed by atoms with E-state index in [1.54, 1.807) is 33.8 Å². The Balaban J connectivity index is 2.04.